The van der Waals surface area contributed by atoms with Crippen molar-refractivity contribution in [2.45, 2.75) is 108 Å². The molecule has 0 atom stereocenters. The Morgan fingerprint density at radius 1 is 0.636 bits per heavy atom. The minimum absolute atomic E-state index is 0.140. The van der Waals surface area contributed by atoms with Crippen molar-refractivity contribution in [2.24, 2.45) is 5.92 Å². The van der Waals surface area contributed by atoms with Crippen LogP contribution in [-0.2, 0) is 4.79 Å². The Morgan fingerprint density at radius 3 is 1.32 bits per heavy atom. The first-order chi connectivity index (χ1) is 10.8. The Balaban J connectivity index is 0.000000172. The highest BCUT2D eigenvalue weighted by Crippen LogP contribution is 2.22. The third-order valence-corrected chi connectivity index (χ3v) is 5.78. The number of carbonyl (C=O) groups is 1. The molecule has 0 bridgehead atoms. The average Bonchev–Trinajstić information content (AvgIpc) is 2.58. The predicted octanol–water partition coefficient (Wildman–Crippen LogP) is 2.53. The number of nitrogens with two attached hydrogens (primary N) is 1. The van der Waals surface area contributed by atoms with Crippen LogP contribution in [0, 0.1) is 5.92 Å². The second-order valence-electron chi connectivity index (χ2n) is 7.64. The molecule has 0 radical (unpaired) electrons. The van der Waals surface area contributed by atoms with Gasteiger partial charge < -0.3 is 15.2 Å². The van der Waals surface area contributed by atoms with Crippen LogP contribution in [0.5, 0.6) is 0 Å². The molecule has 128 valence electrons. The van der Waals surface area contributed by atoms with E-state index in [2.05, 4.69) is 5.32 Å². The summed E-state index contributed by atoms with van der Waals surface area (Å²) in [7, 11) is 0. The number of aliphatic carboxylic acids is 1. The van der Waals surface area contributed by atoms with Gasteiger partial charge in [0.25, 0.3) is 0 Å². The van der Waals surface area contributed by atoms with Crippen molar-refractivity contribution < 1.29 is 15.2 Å². The lowest BCUT2D eigenvalue weighted by Gasteiger charge is -2.27. The summed E-state index contributed by atoms with van der Waals surface area (Å²) in [6.45, 7) is 0. The van der Waals surface area contributed by atoms with Crippen LogP contribution in [0.25, 0.3) is 0 Å². The van der Waals surface area contributed by atoms with E-state index in [-0.39, 0.29) is 5.92 Å². The molecule has 0 saturated heterocycles. The lowest BCUT2D eigenvalue weighted by atomic mass is 9.90. The van der Waals surface area contributed by atoms with E-state index in [9.17, 15) is 9.90 Å². The van der Waals surface area contributed by atoms with Gasteiger partial charge in [0.1, 0.15) is 0 Å². The van der Waals surface area contributed by atoms with Gasteiger partial charge in [0, 0.05) is 5.97 Å². The Hall–Kier alpha value is -0.570. The van der Waals surface area contributed by atoms with Gasteiger partial charge in [-0.25, -0.2) is 0 Å². The highest BCUT2D eigenvalue weighted by molar-refractivity contribution is 5.67. The molecule has 3 heteroatoms. The summed E-state index contributed by atoms with van der Waals surface area (Å²) >= 11 is 0. The SMILES string of the molecule is C1CCC([NH2+]C2CCCCC2)CC1.O=C([O-])C1CCCCC1. The molecule has 3 aliphatic carbocycles. The maximum absolute atomic E-state index is 10.2. The molecule has 3 aliphatic rings. The topological polar surface area (TPSA) is 56.7 Å². The van der Waals surface area contributed by atoms with Crippen LogP contribution >= 0.6 is 0 Å². The van der Waals surface area contributed by atoms with Crippen molar-refractivity contribution in [3.05, 3.63) is 0 Å². The third-order valence-electron chi connectivity index (χ3n) is 5.78. The minimum atomic E-state index is -0.852. The molecule has 3 fully saturated rings. The summed E-state index contributed by atoms with van der Waals surface area (Å²) in [6.07, 6.45) is 20.0. The molecular formula is C19H35NO2. The molecular weight excluding hydrogens is 274 g/mol. The molecule has 3 rings (SSSR count). The summed E-state index contributed by atoms with van der Waals surface area (Å²) in [5.74, 6) is -0.992. The summed E-state index contributed by atoms with van der Waals surface area (Å²) < 4.78 is 0. The molecule has 0 spiro atoms. The minimum Gasteiger partial charge on any atom is -0.550 e. The van der Waals surface area contributed by atoms with Crippen molar-refractivity contribution in [2.75, 3.05) is 0 Å². The maximum atomic E-state index is 10.2. The van der Waals surface area contributed by atoms with E-state index in [1.54, 1.807) is 0 Å². The molecule has 0 aromatic heterocycles. The van der Waals surface area contributed by atoms with E-state index in [1.807, 2.05) is 0 Å². The maximum Gasteiger partial charge on any atom is 0.0861 e. The smallest absolute Gasteiger partial charge is 0.0861 e. The van der Waals surface area contributed by atoms with E-state index < -0.39 is 5.97 Å². The highest BCUT2D eigenvalue weighted by atomic mass is 16.4. The van der Waals surface area contributed by atoms with Crippen LogP contribution in [0.1, 0.15) is 96.3 Å². The Kier molecular flexibility index (Phi) is 8.28. The Bertz CT molecular complexity index is 285. The summed E-state index contributed by atoms with van der Waals surface area (Å²) in [6, 6.07) is 1.99. The molecule has 0 aliphatic heterocycles. The van der Waals surface area contributed by atoms with E-state index in [1.165, 1.54) is 70.6 Å². The molecule has 0 aromatic rings. The third kappa shape index (κ3) is 6.68. The van der Waals surface area contributed by atoms with Gasteiger partial charge in [-0.3, -0.25) is 0 Å². The van der Waals surface area contributed by atoms with Crippen LogP contribution in [0.4, 0.5) is 0 Å². The first kappa shape index (κ1) is 17.8. The fraction of sp³-hybridized carbons (Fsp3) is 0.947. The first-order valence-electron chi connectivity index (χ1n) is 9.81. The van der Waals surface area contributed by atoms with Crippen LogP contribution < -0.4 is 10.4 Å². The fourth-order valence-corrected chi connectivity index (χ4v) is 4.38. The molecule has 22 heavy (non-hydrogen) atoms. The number of carboxylic acid groups (broad SMARTS) is 1. The fourth-order valence-electron chi connectivity index (χ4n) is 4.38. The number of hydrogen-bond acceptors (Lipinski definition) is 2. The van der Waals surface area contributed by atoms with Gasteiger partial charge in [0.2, 0.25) is 0 Å². The average molecular weight is 309 g/mol. The van der Waals surface area contributed by atoms with E-state index in [4.69, 9.17) is 0 Å². The van der Waals surface area contributed by atoms with E-state index in [0.717, 1.165) is 37.8 Å². The second-order valence-corrected chi connectivity index (χ2v) is 7.64. The summed E-state index contributed by atoms with van der Waals surface area (Å²) in [5, 5.41) is 13.0. The molecule has 3 saturated carbocycles. The van der Waals surface area contributed by atoms with Crippen LogP contribution in [0.15, 0.2) is 0 Å². The zero-order valence-corrected chi connectivity index (χ0v) is 14.2. The standard InChI is InChI=1S/C12H23N.C7H12O2/c1-3-7-11(8-4-1)13-12-9-5-2-6-10-12;8-7(9)6-4-2-1-3-5-6/h11-13H,1-10H2;6H,1-5H2,(H,8,9). The van der Waals surface area contributed by atoms with Gasteiger partial charge in [-0.2, -0.15) is 0 Å². The quantitative estimate of drug-likeness (QED) is 0.871. The lowest BCUT2D eigenvalue weighted by molar-refractivity contribution is -0.725. The molecule has 3 nitrogen and oxygen atoms in total. The van der Waals surface area contributed by atoms with Crippen LogP contribution in [0.2, 0.25) is 0 Å². The first-order valence-corrected chi connectivity index (χ1v) is 9.81. The van der Waals surface area contributed by atoms with E-state index in [0.29, 0.717) is 0 Å². The van der Waals surface area contributed by atoms with Gasteiger partial charge in [-0.05, 0) is 70.1 Å². The van der Waals surface area contributed by atoms with Crippen LogP contribution in [0.3, 0.4) is 0 Å². The van der Waals surface area contributed by atoms with Gasteiger partial charge in [-0.15, -0.1) is 0 Å². The molecule has 2 N–H and O–H groups in total. The number of carboxylic acids is 1. The largest absolute Gasteiger partial charge is 0.550 e. The number of carbonyl (C=O) groups excluding carboxylic acids is 1. The zero-order chi connectivity index (χ0) is 15.6. The van der Waals surface area contributed by atoms with Crippen molar-refractivity contribution in [3.63, 3.8) is 0 Å². The zero-order valence-electron chi connectivity index (χ0n) is 14.2. The van der Waals surface area contributed by atoms with Gasteiger partial charge in [-0.1, -0.05) is 32.1 Å². The van der Waals surface area contributed by atoms with Crippen molar-refractivity contribution in [1.29, 1.82) is 0 Å². The van der Waals surface area contributed by atoms with Gasteiger partial charge in [0.15, 0.2) is 0 Å². The molecule has 0 heterocycles. The lowest BCUT2D eigenvalue weighted by Crippen LogP contribution is -2.95. The van der Waals surface area contributed by atoms with Gasteiger partial charge in [0.05, 0.1) is 12.1 Å². The van der Waals surface area contributed by atoms with Crippen LogP contribution in [-0.4, -0.2) is 18.1 Å². The second kappa shape index (κ2) is 10.3. The molecule has 0 aromatic carbocycles. The predicted molar refractivity (Wildman–Crippen MR) is 87.3 cm³/mol. The van der Waals surface area contributed by atoms with Crippen molar-refractivity contribution in [1.82, 2.24) is 0 Å². The summed E-state index contributed by atoms with van der Waals surface area (Å²) in [4.78, 5) is 10.2. The monoisotopic (exact) mass is 309 g/mol. The molecule has 0 unspecified atom stereocenters. The Morgan fingerprint density at radius 2 is 1.00 bits per heavy atom. The van der Waals surface area contributed by atoms with E-state index >= 15 is 0 Å². The number of quaternary nitrogens is 1. The number of rotatable bonds is 3. The van der Waals surface area contributed by atoms with Gasteiger partial charge >= 0.3 is 0 Å². The number of hydrogen-bond donors (Lipinski definition) is 1. The van der Waals surface area contributed by atoms with Crippen molar-refractivity contribution in [3.8, 4) is 0 Å². The summed E-state index contributed by atoms with van der Waals surface area (Å²) in [5.41, 5.74) is 0. The Labute approximate surface area is 136 Å². The molecule has 0 amide bonds. The normalized spacial score (nSPS) is 25.3. The van der Waals surface area contributed by atoms with Crippen molar-refractivity contribution >= 4 is 5.97 Å². The highest BCUT2D eigenvalue weighted by Gasteiger charge is 2.22.